The number of carbonyl (C=O) groups is 1. The van der Waals surface area contributed by atoms with Crippen molar-refractivity contribution in [3.8, 4) is 0 Å². The number of pyridine rings is 1. The highest BCUT2D eigenvalue weighted by Gasteiger charge is 2.58. The summed E-state index contributed by atoms with van der Waals surface area (Å²) in [6.07, 6.45) is 4.83. The smallest absolute Gasteiger partial charge is 0.235 e. The van der Waals surface area contributed by atoms with E-state index in [9.17, 15) is 13.2 Å². The average Bonchev–Trinajstić information content (AvgIpc) is 3.35. The van der Waals surface area contributed by atoms with Crippen molar-refractivity contribution >= 4 is 15.9 Å². The van der Waals surface area contributed by atoms with Crippen LogP contribution in [0.15, 0.2) is 29.0 Å². The van der Waals surface area contributed by atoms with E-state index in [2.05, 4.69) is 19.8 Å². The fourth-order valence-corrected chi connectivity index (χ4v) is 5.46. The summed E-state index contributed by atoms with van der Waals surface area (Å²) in [4.78, 5) is 23.3. The van der Waals surface area contributed by atoms with E-state index in [1.54, 1.807) is 26.2 Å². The molecule has 4 rings (SSSR count). The van der Waals surface area contributed by atoms with Crippen LogP contribution in [0.4, 0.5) is 0 Å². The molecule has 0 bridgehead atoms. The van der Waals surface area contributed by atoms with Crippen molar-refractivity contribution in [3.05, 3.63) is 41.8 Å². The molecule has 0 aromatic carbocycles. The van der Waals surface area contributed by atoms with E-state index >= 15 is 0 Å². The van der Waals surface area contributed by atoms with Crippen molar-refractivity contribution in [2.24, 2.45) is 5.92 Å². The molecule has 2 aromatic rings. The molecule has 156 valence electrons. The largest absolute Gasteiger partial charge is 0.341 e. The van der Waals surface area contributed by atoms with E-state index in [1.807, 2.05) is 17.0 Å². The Bertz CT molecular complexity index is 993. The quantitative estimate of drug-likeness (QED) is 0.736. The zero-order chi connectivity index (χ0) is 20.6. The summed E-state index contributed by atoms with van der Waals surface area (Å²) in [7, 11) is -3.31. The van der Waals surface area contributed by atoms with Crippen molar-refractivity contribution in [1.29, 1.82) is 0 Å². The van der Waals surface area contributed by atoms with Gasteiger partial charge in [0.15, 0.2) is 5.82 Å². The van der Waals surface area contributed by atoms with Crippen molar-refractivity contribution in [2.75, 3.05) is 18.8 Å². The van der Waals surface area contributed by atoms with E-state index in [1.165, 1.54) is 0 Å². The maximum atomic E-state index is 12.9. The number of carbonyl (C=O) groups excluding carboxylic acids is 1. The molecule has 0 radical (unpaired) electrons. The highest BCUT2D eigenvalue weighted by Crippen LogP contribution is 2.50. The Hall–Kier alpha value is -2.33. The Morgan fingerprint density at radius 1 is 1.45 bits per heavy atom. The summed E-state index contributed by atoms with van der Waals surface area (Å²) >= 11 is 0. The minimum Gasteiger partial charge on any atom is -0.341 e. The topological polar surface area (TPSA) is 118 Å². The number of nitrogens with zero attached hydrogens (tertiary/aromatic N) is 4. The lowest BCUT2D eigenvalue weighted by molar-refractivity contribution is -0.129. The molecular weight excluding hydrogens is 394 g/mol. The lowest BCUT2D eigenvalue weighted by atomic mass is 9.80. The van der Waals surface area contributed by atoms with Gasteiger partial charge in [0, 0.05) is 31.5 Å². The number of sulfonamides is 1. The van der Waals surface area contributed by atoms with Gasteiger partial charge in [0.1, 0.15) is 0 Å². The van der Waals surface area contributed by atoms with Gasteiger partial charge in [-0.2, -0.15) is 4.98 Å². The van der Waals surface area contributed by atoms with Gasteiger partial charge in [-0.25, -0.2) is 13.1 Å². The second-order valence-electron chi connectivity index (χ2n) is 7.97. The van der Waals surface area contributed by atoms with Crippen molar-refractivity contribution in [2.45, 2.75) is 44.6 Å². The normalized spacial score (nSPS) is 26.6. The summed E-state index contributed by atoms with van der Waals surface area (Å²) in [6.45, 7) is 4.37. The number of likely N-dealkylation sites (tertiary alicyclic amines) is 1. The first-order valence-electron chi connectivity index (χ1n) is 9.79. The van der Waals surface area contributed by atoms with Crippen LogP contribution in [0.5, 0.6) is 0 Å². The first-order valence-corrected chi connectivity index (χ1v) is 11.4. The molecule has 1 aliphatic carbocycles. The summed E-state index contributed by atoms with van der Waals surface area (Å²) in [5, 5.41) is 3.93. The molecule has 1 N–H and O–H groups in total. The molecule has 3 atom stereocenters. The van der Waals surface area contributed by atoms with Crippen LogP contribution in [0.2, 0.25) is 0 Å². The molecule has 1 unspecified atom stereocenters. The van der Waals surface area contributed by atoms with E-state index in [0.717, 1.165) is 5.56 Å². The zero-order valence-corrected chi connectivity index (χ0v) is 17.4. The maximum absolute atomic E-state index is 12.9. The molecule has 1 aliphatic heterocycles. The van der Waals surface area contributed by atoms with Crippen LogP contribution in [-0.2, 0) is 26.7 Å². The first-order chi connectivity index (χ1) is 13.8. The van der Waals surface area contributed by atoms with E-state index < -0.39 is 15.4 Å². The highest BCUT2D eigenvalue weighted by molar-refractivity contribution is 7.89. The number of amides is 1. The number of aromatic nitrogens is 3. The van der Waals surface area contributed by atoms with Gasteiger partial charge in [-0.3, -0.25) is 9.78 Å². The molecule has 10 heteroatoms. The Morgan fingerprint density at radius 2 is 2.28 bits per heavy atom. The molecule has 9 nitrogen and oxygen atoms in total. The molecule has 3 heterocycles. The number of fused-ring (bicyclic) bond motifs is 1. The molecular formula is C19H25N5O4S. The second-order valence-corrected chi connectivity index (χ2v) is 10.0. The monoisotopic (exact) mass is 419 g/mol. The summed E-state index contributed by atoms with van der Waals surface area (Å²) in [5.41, 5.74) is 0.345. The standard InChI is InChI=1S/C19H25N5O4S/c1-3-29(26,27)23-16-8-15-11-24(17(25)7-14-5-4-6-20-10-14)12-19(15,9-16)18-21-13(2)22-28-18/h4-6,10,15-16,23H,3,7-9,11-12H2,1-2H3/t15?,16-,19+/m1/s1. The Labute approximate surface area is 169 Å². The Balaban J connectivity index is 1.56. The molecule has 2 aromatic heterocycles. The van der Waals surface area contributed by atoms with E-state index in [-0.39, 0.29) is 30.0 Å². The second kappa shape index (κ2) is 7.49. The van der Waals surface area contributed by atoms with Gasteiger partial charge >= 0.3 is 0 Å². The molecule has 29 heavy (non-hydrogen) atoms. The Kier molecular flexibility index (Phi) is 5.16. The summed E-state index contributed by atoms with van der Waals surface area (Å²) < 4.78 is 32.4. The van der Waals surface area contributed by atoms with Crippen LogP contribution in [0.3, 0.4) is 0 Å². The third kappa shape index (κ3) is 3.91. The number of hydrogen-bond acceptors (Lipinski definition) is 7. The van der Waals surface area contributed by atoms with E-state index in [4.69, 9.17) is 4.52 Å². The minimum atomic E-state index is -3.31. The van der Waals surface area contributed by atoms with Crippen LogP contribution in [0.25, 0.3) is 0 Å². The van der Waals surface area contributed by atoms with E-state index in [0.29, 0.717) is 37.6 Å². The van der Waals surface area contributed by atoms with Gasteiger partial charge in [-0.1, -0.05) is 11.2 Å². The van der Waals surface area contributed by atoms with Crippen LogP contribution < -0.4 is 4.72 Å². The fraction of sp³-hybridized carbons (Fsp3) is 0.579. The lowest BCUT2D eigenvalue weighted by Crippen LogP contribution is -2.40. The third-order valence-corrected chi connectivity index (χ3v) is 7.44. The molecule has 1 saturated carbocycles. The molecule has 1 saturated heterocycles. The molecule has 2 fully saturated rings. The SMILES string of the molecule is CCS(=O)(=O)N[C@@H]1CC2CN(C(=O)Cc3cccnc3)C[C@@]2(c2nc(C)no2)C1. The van der Waals surface area contributed by atoms with Crippen LogP contribution in [0, 0.1) is 12.8 Å². The van der Waals surface area contributed by atoms with Crippen molar-refractivity contribution in [3.63, 3.8) is 0 Å². The van der Waals surface area contributed by atoms with Crippen LogP contribution >= 0.6 is 0 Å². The van der Waals surface area contributed by atoms with Crippen LogP contribution in [-0.4, -0.2) is 59.2 Å². The van der Waals surface area contributed by atoms with Crippen molar-refractivity contribution in [1.82, 2.24) is 24.7 Å². The number of aryl methyl sites for hydroxylation is 1. The molecule has 0 spiro atoms. The van der Waals surface area contributed by atoms with Gasteiger partial charge in [0.05, 0.1) is 17.6 Å². The van der Waals surface area contributed by atoms with Gasteiger partial charge in [-0.15, -0.1) is 0 Å². The number of nitrogens with one attached hydrogen (secondary N) is 1. The number of hydrogen-bond donors (Lipinski definition) is 1. The number of rotatable bonds is 6. The third-order valence-electron chi connectivity index (χ3n) is 5.99. The fourth-order valence-electron chi connectivity index (χ4n) is 4.61. The van der Waals surface area contributed by atoms with Gasteiger partial charge < -0.3 is 9.42 Å². The molecule has 1 amide bonds. The first kappa shape index (κ1) is 20.0. The average molecular weight is 420 g/mol. The van der Waals surface area contributed by atoms with Crippen LogP contribution in [0.1, 0.15) is 37.0 Å². The zero-order valence-electron chi connectivity index (χ0n) is 16.5. The predicted octanol–water partition coefficient (Wildman–Crippen LogP) is 0.814. The van der Waals surface area contributed by atoms with Gasteiger partial charge in [0.2, 0.25) is 21.8 Å². The highest BCUT2D eigenvalue weighted by atomic mass is 32.2. The predicted molar refractivity (Wildman–Crippen MR) is 104 cm³/mol. The summed E-state index contributed by atoms with van der Waals surface area (Å²) in [6, 6.07) is 3.50. The van der Waals surface area contributed by atoms with Gasteiger partial charge in [-0.05, 0) is 44.2 Å². The maximum Gasteiger partial charge on any atom is 0.235 e. The lowest BCUT2D eigenvalue weighted by Gasteiger charge is -2.25. The summed E-state index contributed by atoms with van der Waals surface area (Å²) in [5.74, 6) is 1.15. The minimum absolute atomic E-state index is 0.0219. The Morgan fingerprint density at radius 3 is 2.93 bits per heavy atom. The molecule has 2 aliphatic rings. The van der Waals surface area contributed by atoms with Crippen molar-refractivity contribution < 1.29 is 17.7 Å². The van der Waals surface area contributed by atoms with Gasteiger partial charge in [0.25, 0.3) is 0 Å².